The van der Waals surface area contributed by atoms with Crippen LogP contribution < -0.4 is 10.1 Å². The first kappa shape index (κ1) is 20.5. The Balaban J connectivity index is 1.40. The predicted molar refractivity (Wildman–Crippen MR) is 130 cm³/mol. The summed E-state index contributed by atoms with van der Waals surface area (Å²) in [4.78, 5) is 17.3. The van der Waals surface area contributed by atoms with Crippen molar-refractivity contribution >= 4 is 22.4 Å². The van der Waals surface area contributed by atoms with Crippen molar-refractivity contribution in [2.24, 2.45) is 0 Å². The van der Waals surface area contributed by atoms with E-state index < -0.39 is 0 Å². The van der Waals surface area contributed by atoms with Gasteiger partial charge in [-0.2, -0.15) is 4.98 Å². The van der Waals surface area contributed by atoms with Gasteiger partial charge >= 0.3 is 6.01 Å². The minimum atomic E-state index is -0.156. The normalized spacial score (nSPS) is 10.8. The fourth-order valence-electron chi connectivity index (χ4n) is 3.67. The number of nitrogens with zero attached hydrogens (tertiary/aromatic N) is 3. The highest BCUT2D eigenvalue weighted by Crippen LogP contribution is 2.25. The second kappa shape index (κ2) is 8.59. The lowest BCUT2D eigenvalue weighted by Crippen LogP contribution is -2.11. The number of benzene rings is 4. The Hall–Kier alpha value is -4.45. The zero-order valence-corrected chi connectivity index (χ0v) is 18.3. The third-order valence-corrected chi connectivity index (χ3v) is 5.46. The van der Waals surface area contributed by atoms with Crippen LogP contribution in [-0.2, 0) is 0 Å². The SMILES string of the molecule is COc1nc(-c2ccc(C)cc2)n(-c2ccc(NC(=O)c3ccc4ccccc4c3)cc2)n1. The molecule has 1 heterocycles. The summed E-state index contributed by atoms with van der Waals surface area (Å²) in [7, 11) is 1.55. The van der Waals surface area contributed by atoms with Crippen LogP contribution in [0.2, 0.25) is 0 Å². The number of rotatable bonds is 5. The van der Waals surface area contributed by atoms with Gasteiger partial charge in [-0.1, -0.05) is 60.2 Å². The van der Waals surface area contributed by atoms with E-state index in [0.29, 0.717) is 23.1 Å². The maximum atomic E-state index is 12.8. The number of carbonyl (C=O) groups is 1. The van der Waals surface area contributed by atoms with E-state index >= 15 is 0 Å². The van der Waals surface area contributed by atoms with E-state index in [1.807, 2.05) is 97.9 Å². The summed E-state index contributed by atoms with van der Waals surface area (Å²) in [5.41, 5.74) is 4.22. The molecule has 33 heavy (non-hydrogen) atoms. The topological polar surface area (TPSA) is 69.0 Å². The number of hydrogen-bond donors (Lipinski definition) is 1. The van der Waals surface area contributed by atoms with Gasteiger partial charge in [-0.05, 0) is 54.1 Å². The minimum absolute atomic E-state index is 0.156. The van der Waals surface area contributed by atoms with Gasteiger partial charge < -0.3 is 10.1 Å². The molecule has 0 atom stereocenters. The summed E-state index contributed by atoms with van der Waals surface area (Å²) in [5, 5.41) is 9.56. The lowest BCUT2D eigenvalue weighted by molar-refractivity contribution is 0.102. The Morgan fingerprint density at radius 2 is 1.61 bits per heavy atom. The average molecular weight is 434 g/mol. The highest BCUT2D eigenvalue weighted by Gasteiger charge is 2.14. The molecule has 1 amide bonds. The maximum absolute atomic E-state index is 12.8. The van der Waals surface area contributed by atoms with Crippen molar-refractivity contribution < 1.29 is 9.53 Å². The first-order valence-corrected chi connectivity index (χ1v) is 10.6. The van der Waals surface area contributed by atoms with Crippen molar-refractivity contribution in [2.45, 2.75) is 6.92 Å². The largest absolute Gasteiger partial charge is 0.466 e. The molecule has 1 aromatic heterocycles. The Labute approximate surface area is 191 Å². The monoisotopic (exact) mass is 434 g/mol. The van der Waals surface area contributed by atoms with E-state index in [9.17, 15) is 4.79 Å². The van der Waals surface area contributed by atoms with Crippen LogP contribution in [-0.4, -0.2) is 27.8 Å². The first-order chi connectivity index (χ1) is 16.1. The zero-order chi connectivity index (χ0) is 22.8. The molecule has 0 spiro atoms. The molecule has 0 aliphatic carbocycles. The number of amides is 1. The molecular formula is C27H22N4O2. The van der Waals surface area contributed by atoms with Gasteiger partial charge in [-0.25, -0.2) is 4.68 Å². The molecule has 1 N–H and O–H groups in total. The van der Waals surface area contributed by atoms with Gasteiger partial charge in [0.25, 0.3) is 5.91 Å². The molecule has 4 aromatic carbocycles. The molecule has 0 fully saturated rings. The van der Waals surface area contributed by atoms with Crippen molar-refractivity contribution in [2.75, 3.05) is 12.4 Å². The molecule has 0 unspecified atom stereocenters. The average Bonchev–Trinajstić information content (AvgIpc) is 3.29. The summed E-state index contributed by atoms with van der Waals surface area (Å²) >= 11 is 0. The molecule has 0 radical (unpaired) electrons. The van der Waals surface area contributed by atoms with Crippen LogP contribution in [0.4, 0.5) is 5.69 Å². The van der Waals surface area contributed by atoms with Crippen molar-refractivity contribution in [3.8, 4) is 23.1 Å². The third-order valence-electron chi connectivity index (χ3n) is 5.46. The second-order valence-corrected chi connectivity index (χ2v) is 7.76. The lowest BCUT2D eigenvalue weighted by Gasteiger charge is -2.09. The smallest absolute Gasteiger partial charge is 0.336 e. The fourth-order valence-corrected chi connectivity index (χ4v) is 3.67. The van der Waals surface area contributed by atoms with Gasteiger partial charge in [0.1, 0.15) is 0 Å². The van der Waals surface area contributed by atoms with Crippen LogP contribution in [0.15, 0.2) is 91.0 Å². The molecule has 0 aliphatic rings. The van der Waals surface area contributed by atoms with Crippen molar-refractivity contribution in [1.29, 1.82) is 0 Å². The third kappa shape index (κ3) is 4.19. The summed E-state index contributed by atoms with van der Waals surface area (Å²) < 4.78 is 6.99. The summed E-state index contributed by atoms with van der Waals surface area (Å²) in [6.45, 7) is 2.04. The lowest BCUT2D eigenvalue weighted by atomic mass is 10.1. The number of aryl methyl sites for hydroxylation is 1. The quantitative estimate of drug-likeness (QED) is 0.388. The molecule has 162 valence electrons. The standard InChI is InChI=1S/C27H22N4O2/c1-18-7-9-20(10-8-18)25-29-27(33-2)30-31(25)24-15-13-23(14-16-24)28-26(32)22-12-11-19-5-3-4-6-21(19)17-22/h3-17H,1-2H3,(H,28,32). The molecule has 5 aromatic rings. The van der Waals surface area contributed by atoms with Crippen molar-refractivity contribution in [3.63, 3.8) is 0 Å². The van der Waals surface area contributed by atoms with E-state index in [1.54, 1.807) is 11.8 Å². The maximum Gasteiger partial charge on any atom is 0.336 e. The van der Waals surface area contributed by atoms with Gasteiger partial charge in [-0.3, -0.25) is 4.79 Å². The molecule has 0 bridgehead atoms. The van der Waals surface area contributed by atoms with Crippen LogP contribution in [0, 0.1) is 6.92 Å². The van der Waals surface area contributed by atoms with E-state index in [2.05, 4.69) is 15.4 Å². The van der Waals surface area contributed by atoms with E-state index in [-0.39, 0.29) is 5.91 Å². The molecule has 0 saturated carbocycles. The highest BCUT2D eigenvalue weighted by atomic mass is 16.5. The first-order valence-electron chi connectivity index (χ1n) is 10.6. The number of nitrogens with one attached hydrogen (secondary N) is 1. The van der Waals surface area contributed by atoms with Crippen molar-refractivity contribution in [1.82, 2.24) is 14.8 Å². The molecule has 6 heteroatoms. The van der Waals surface area contributed by atoms with Gasteiger partial charge in [-0.15, -0.1) is 5.10 Å². The Morgan fingerprint density at radius 3 is 2.33 bits per heavy atom. The molecule has 5 rings (SSSR count). The zero-order valence-electron chi connectivity index (χ0n) is 18.3. The Kier molecular flexibility index (Phi) is 5.32. The molecule has 0 saturated heterocycles. The number of methoxy groups -OCH3 is 1. The van der Waals surface area contributed by atoms with E-state index in [1.165, 1.54) is 5.56 Å². The van der Waals surface area contributed by atoms with Crippen LogP contribution in [0.3, 0.4) is 0 Å². The number of anilines is 1. The van der Waals surface area contributed by atoms with Crippen LogP contribution in [0.1, 0.15) is 15.9 Å². The number of hydrogen-bond acceptors (Lipinski definition) is 4. The van der Waals surface area contributed by atoms with Gasteiger partial charge in [0.15, 0.2) is 5.82 Å². The fraction of sp³-hybridized carbons (Fsp3) is 0.0741. The van der Waals surface area contributed by atoms with Crippen LogP contribution >= 0.6 is 0 Å². The van der Waals surface area contributed by atoms with Crippen LogP contribution in [0.5, 0.6) is 6.01 Å². The second-order valence-electron chi connectivity index (χ2n) is 7.76. The summed E-state index contributed by atoms with van der Waals surface area (Å²) in [6, 6.07) is 29.5. The predicted octanol–water partition coefficient (Wildman–Crippen LogP) is 5.66. The molecular weight excluding hydrogens is 412 g/mol. The van der Waals surface area contributed by atoms with E-state index in [0.717, 1.165) is 22.0 Å². The Bertz CT molecular complexity index is 1440. The Morgan fingerprint density at radius 1 is 0.879 bits per heavy atom. The molecule has 0 aliphatic heterocycles. The summed E-state index contributed by atoms with van der Waals surface area (Å²) in [5.74, 6) is 0.524. The molecule has 6 nitrogen and oxygen atoms in total. The minimum Gasteiger partial charge on any atom is -0.466 e. The van der Waals surface area contributed by atoms with E-state index in [4.69, 9.17) is 4.74 Å². The van der Waals surface area contributed by atoms with Crippen molar-refractivity contribution in [3.05, 3.63) is 102 Å². The number of fused-ring (bicyclic) bond motifs is 1. The van der Waals surface area contributed by atoms with Gasteiger partial charge in [0, 0.05) is 16.8 Å². The van der Waals surface area contributed by atoms with Gasteiger partial charge in [0.2, 0.25) is 0 Å². The number of ether oxygens (including phenoxy) is 1. The number of aromatic nitrogens is 3. The van der Waals surface area contributed by atoms with Crippen LogP contribution in [0.25, 0.3) is 27.8 Å². The number of carbonyl (C=O) groups excluding carboxylic acids is 1. The highest BCUT2D eigenvalue weighted by molar-refractivity contribution is 6.06. The summed E-state index contributed by atoms with van der Waals surface area (Å²) in [6.07, 6.45) is 0. The van der Waals surface area contributed by atoms with Gasteiger partial charge in [0.05, 0.1) is 12.8 Å².